The normalized spacial score (nSPS) is 9.50. The second-order valence-electron chi connectivity index (χ2n) is 4.13. The van der Waals surface area contributed by atoms with Crippen LogP contribution in [0, 0.1) is 11.8 Å². The zero-order valence-corrected chi connectivity index (χ0v) is 11.4. The highest BCUT2D eigenvalue weighted by Gasteiger charge is 2.03. The van der Waals surface area contributed by atoms with Gasteiger partial charge < -0.3 is 15.2 Å². The van der Waals surface area contributed by atoms with Crippen molar-refractivity contribution in [3.05, 3.63) is 59.7 Å². The van der Waals surface area contributed by atoms with Gasteiger partial charge in [0, 0.05) is 23.7 Å². The van der Waals surface area contributed by atoms with Crippen LogP contribution in [0.15, 0.2) is 48.5 Å². The van der Waals surface area contributed by atoms with Gasteiger partial charge in [-0.25, -0.2) is 0 Å². The lowest BCUT2D eigenvalue weighted by molar-refractivity contribution is 0.359. The maximum atomic E-state index is 5.68. The van der Waals surface area contributed by atoms with E-state index in [-0.39, 0.29) is 0 Å². The first-order chi connectivity index (χ1) is 9.83. The molecule has 3 heteroatoms. The predicted molar refractivity (Wildman–Crippen MR) is 79.7 cm³/mol. The molecule has 2 N–H and O–H groups in total. The number of benzene rings is 2. The Hall–Kier alpha value is -2.44. The SMILES string of the molecule is COc1ccc(CN)c(OCC#Cc2ccccc2)c1. The molecule has 0 unspecified atom stereocenters. The molecule has 3 nitrogen and oxygen atoms in total. The van der Waals surface area contributed by atoms with Gasteiger partial charge in [0.15, 0.2) is 0 Å². The zero-order chi connectivity index (χ0) is 14.2. The van der Waals surface area contributed by atoms with E-state index < -0.39 is 0 Å². The fourth-order valence-corrected chi connectivity index (χ4v) is 1.74. The molecule has 0 saturated heterocycles. The summed E-state index contributed by atoms with van der Waals surface area (Å²) in [5, 5.41) is 0. The second-order valence-corrected chi connectivity index (χ2v) is 4.13. The van der Waals surface area contributed by atoms with Gasteiger partial charge in [0.1, 0.15) is 18.1 Å². The number of ether oxygens (including phenoxy) is 2. The number of hydrogen-bond donors (Lipinski definition) is 1. The van der Waals surface area contributed by atoms with E-state index in [0.717, 1.165) is 16.9 Å². The molecule has 0 aliphatic rings. The number of rotatable bonds is 4. The van der Waals surface area contributed by atoms with Crippen LogP contribution in [0.25, 0.3) is 0 Å². The van der Waals surface area contributed by atoms with Crippen LogP contribution >= 0.6 is 0 Å². The molecule has 0 aliphatic heterocycles. The monoisotopic (exact) mass is 267 g/mol. The summed E-state index contributed by atoms with van der Waals surface area (Å²) in [4.78, 5) is 0. The van der Waals surface area contributed by atoms with Gasteiger partial charge in [-0.3, -0.25) is 0 Å². The molecule has 20 heavy (non-hydrogen) atoms. The molecule has 102 valence electrons. The van der Waals surface area contributed by atoms with Crippen molar-refractivity contribution in [1.82, 2.24) is 0 Å². The summed E-state index contributed by atoms with van der Waals surface area (Å²) in [6.07, 6.45) is 0. The van der Waals surface area contributed by atoms with E-state index in [1.165, 1.54) is 0 Å². The first-order valence-corrected chi connectivity index (χ1v) is 6.37. The molecule has 0 spiro atoms. The number of nitrogens with two attached hydrogens (primary N) is 1. The van der Waals surface area contributed by atoms with E-state index in [0.29, 0.717) is 18.9 Å². The molecule has 0 amide bonds. The molecular formula is C17H17NO2. The Morgan fingerprint density at radius 2 is 1.90 bits per heavy atom. The van der Waals surface area contributed by atoms with Crippen molar-refractivity contribution in [2.24, 2.45) is 5.73 Å². The van der Waals surface area contributed by atoms with Crippen LogP contribution in [-0.4, -0.2) is 13.7 Å². The van der Waals surface area contributed by atoms with Gasteiger partial charge in [0.25, 0.3) is 0 Å². The van der Waals surface area contributed by atoms with E-state index >= 15 is 0 Å². The van der Waals surface area contributed by atoms with Gasteiger partial charge in [-0.1, -0.05) is 36.1 Å². The molecular weight excluding hydrogens is 250 g/mol. The molecule has 0 atom stereocenters. The van der Waals surface area contributed by atoms with E-state index in [1.54, 1.807) is 7.11 Å². The molecule has 0 heterocycles. The molecule has 0 aliphatic carbocycles. The zero-order valence-electron chi connectivity index (χ0n) is 11.4. The van der Waals surface area contributed by atoms with Crippen LogP contribution in [0.4, 0.5) is 0 Å². The Morgan fingerprint density at radius 3 is 2.60 bits per heavy atom. The van der Waals surface area contributed by atoms with E-state index in [2.05, 4.69) is 11.8 Å². The lowest BCUT2D eigenvalue weighted by atomic mass is 10.2. The third-order valence-electron chi connectivity index (χ3n) is 2.80. The van der Waals surface area contributed by atoms with Gasteiger partial charge in [-0.2, -0.15) is 0 Å². The average molecular weight is 267 g/mol. The third-order valence-corrected chi connectivity index (χ3v) is 2.80. The number of hydrogen-bond acceptors (Lipinski definition) is 3. The fraction of sp³-hybridized carbons (Fsp3) is 0.176. The van der Waals surface area contributed by atoms with E-state index in [4.69, 9.17) is 15.2 Å². The lowest BCUT2D eigenvalue weighted by Gasteiger charge is -2.09. The summed E-state index contributed by atoms with van der Waals surface area (Å²) in [6, 6.07) is 15.4. The highest BCUT2D eigenvalue weighted by atomic mass is 16.5. The molecule has 0 fully saturated rings. The molecule has 0 aromatic heterocycles. The summed E-state index contributed by atoms with van der Waals surface area (Å²) in [5.74, 6) is 7.49. The van der Waals surface area contributed by atoms with Crippen molar-refractivity contribution < 1.29 is 9.47 Å². The van der Waals surface area contributed by atoms with Crippen molar-refractivity contribution in [3.63, 3.8) is 0 Å². The Bertz CT molecular complexity index is 612. The Labute approximate surface area is 119 Å². The lowest BCUT2D eigenvalue weighted by Crippen LogP contribution is -2.03. The van der Waals surface area contributed by atoms with Crippen molar-refractivity contribution in [1.29, 1.82) is 0 Å². The van der Waals surface area contributed by atoms with E-state index in [9.17, 15) is 0 Å². The summed E-state index contributed by atoms with van der Waals surface area (Å²) in [7, 11) is 1.62. The average Bonchev–Trinajstić information content (AvgIpc) is 2.52. The van der Waals surface area contributed by atoms with Crippen LogP contribution in [0.3, 0.4) is 0 Å². The largest absolute Gasteiger partial charge is 0.497 e. The highest BCUT2D eigenvalue weighted by molar-refractivity contribution is 5.41. The van der Waals surface area contributed by atoms with Crippen LogP contribution in [0.5, 0.6) is 11.5 Å². The van der Waals surface area contributed by atoms with Crippen LogP contribution in [0.1, 0.15) is 11.1 Å². The summed E-state index contributed by atoms with van der Waals surface area (Å²) < 4.78 is 10.8. The summed E-state index contributed by atoms with van der Waals surface area (Å²) in [6.45, 7) is 0.737. The highest BCUT2D eigenvalue weighted by Crippen LogP contribution is 2.24. The first kappa shape index (κ1) is 14.0. The third kappa shape index (κ3) is 3.78. The molecule has 2 rings (SSSR count). The van der Waals surface area contributed by atoms with Gasteiger partial charge in [0.2, 0.25) is 0 Å². The Morgan fingerprint density at radius 1 is 1.10 bits per heavy atom. The molecule has 2 aromatic rings. The smallest absolute Gasteiger partial charge is 0.149 e. The minimum Gasteiger partial charge on any atom is -0.497 e. The van der Waals surface area contributed by atoms with Crippen molar-refractivity contribution in [2.45, 2.75) is 6.54 Å². The maximum absolute atomic E-state index is 5.68. The minimum absolute atomic E-state index is 0.315. The molecule has 2 aromatic carbocycles. The minimum atomic E-state index is 0.315. The number of methoxy groups -OCH3 is 1. The maximum Gasteiger partial charge on any atom is 0.149 e. The summed E-state index contributed by atoms with van der Waals surface area (Å²) >= 11 is 0. The van der Waals surface area contributed by atoms with Crippen molar-refractivity contribution in [3.8, 4) is 23.3 Å². The molecule has 0 radical (unpaired) electrons. The van der Waals surface area contributed by atoms with Crippen molar-refractivity contribution >= 4 is 0 Å². The predicted octanol–water partition coefficient (Wildman–Crippen LogP) is 2.58. The Balaban J connectivity index is 2.02. The van der Waals surface area contributed by atoms with Crippen LogP contribution in [-0.2, 0) is 6.54 Å². The Kier molecular flexibility index (Phi) is 5.05. The summed E-state index contributed by atoms with van der Waals surface area (Å²) in [5.41, 5.74) is 7.59. The standard InChI is InChI=1S/C17H17NO2/c1-19-16-10-9-15(13-18)17(12-16)20-11-5-8-14-6-3-2-4-7-14/h2-4,6-7,9-10,12H,11,13,18H2,1H3. The quantitative estimate of drug-likeness (QED) is 0.866. The van der Waals surface area contributed by atoms with E-state index in [1.807, 2.05) is 48.5 Å². The topological polar surface area (TPSA) is 44.5 Å². The van der Waals surface area contributed by atoms with Gasteiger partial charge in [0.05, 0.1) is 7.11 Å². The van der Waals surface area contributed by atoms with Crippen LogP contribution < -0.4 is 15.2 Å². The van der Waals surface area contributed by atoms with Crippen LogP contribution in [0.2, 0.25) is 0 Å². The van der Waals surface area contributed by atoms with Crippen molar-refractivity contribution in [2.75, 3.05) is 13.7 Å². The molecule has 0 saturated carbocycles. The van der Waals surface area contributed by atoms with Gasteiger partial charge >= 0.3 is 0 Å². The first-order valence-electron chi connectivity index (χ1n) is 6.37. The van der Waals surface area contributed by atoms with Gasteiger partial charge in [-0.15, -0.1) is 0 Å². The second kappa shape index (κ2) is 7.22. The molecule has 0 bridgehead atoms. The van der Waals surface area contributed by atoms with Gasteiger partial charge in [-0.05, 0) is 18.2 Å². The fourth-order valence-electron chi connectivity index (χ4n) is 1.74.